The van der Waals surface area contributed by atoms with Gasteiger partial charge in [0, 0.05) is 246 Å². The Labute approximate surface area is 553 Å². The van der Waals surface area contributed by atoms with Gasteiger partial charge in [-0.2, -0.15) is 0 Å². The van der Waals surface area contributed by atoms with Crippen LogP contribution in [0.3, 0.4) is 0 Å². The summed E-state index contributed by atoms with van der Waals surface area (Å²) in [6, 6.07) is 0. The van der Waals surface area contributed by atoms with Crippen LogP contribution >= 0.6 is 46.4 Å². The molecule has 0 atom stereocenters. The molecule has 0 saturated carbocycles. The Kier molecular flexibility index (Phi) is 78.0. The van der Waals surface area contributed by atoms with Crippen molar-refractivity contribution in [3.8, 4) is 0 Å². The predicted octanol–water partition coefficient (Wildman–Crippen LogP) is -5.57. The summed E-state index contributed by atoms with van der Waals surface area (Å²) in [5, 5.41) is 13.9. The second kappa shape index (κ2) is 74.4. The minimum atomic E-state index is -0.504. The Morgan fingerprint density at radius 2 is 0.364 bits per heavy atom. The quantitative estimate of drug-likeness (QED) is 0.0199. The third kappa shape index (κ3) is 60.9. The first-order valence-electron chi connectivity index (χ1n) is 32.1. The van der Waals surface area contributed by atoms with E-state index in [1.54, 1.807) is 0 Å². The molecule has 0 amide bonds. The van der Waals surface area contributed by atoms with Crippen molar-refractivity contribution in [2.45, 2.75) is 0 Å². The molecular weight excluding hydrogens is 1220 g/mol. The second-order valence-corrected chi connectivity index (χ2v) is 22.6. The largest absolute Gasteiger partial charge is 0.379 e. The van der Waals surface area contributed by atoms with Crippen molar-refractivity contribution < 1.29 is 37.9 Å². The van der Waals surface area contributed by atoms with E-state index >= 15 is 0 Å². The zero-order valence-corrected chi connectivity index (χ0v) is 57.6. The fourth-order valence-electron chi connectivity index (χ4n) is 8.74. The highest BCUT2D eigenvalue weighted by Crippen LogP contribution is 2.22. The number of hydrogen-bond donors (Lipinski definition) is 15. The summed E-state index contributed by atoms with van der Waals surface area (Å²) in [5.74, 6) is 1.74. The van der Waals surface area contributed by atoms with Gasteiger partial charge in [-0.1, -0.05) is 0 Å². The molecule has 26 N–H and O–H groups in total. The summed E-state index contributed by atoms with van der Waals surface area (Å²) in [6.45, 7) is 33.6. The maximum atomic E-state index is 6.32. The van der Waals surface area contributed by atoms with Crippen LogP contribution in [0.4, 0.5) is 0 Å². The third-order valence-corrected chi connectivity index (χ3v) is 13.8. The van der Waals surface area contributed by atoms with E-state index in [1.807, 2.05) is 0 Å². The van der Waals surface area contributed by atoms with Gasteiger partial charge in [0.2, 0.25) is 0 Å². The lowest BCUT2D eigenvalue weighted by molar-refractivity contribution is -0.105. The lowest BCUT2D eigenvalue weighted by Gasteiger charge is -2.33. The second-order valence-electron chi connectivity index (χ2n) is 21.1. The molecule has 0 saturated heterocycles. The third-order valence-electron chi connectivity index (χ3n) is 13.2. The lowest BCUT2D eigenvalue weighted by Crippen LogP contribution is -2.44. The van der Waals surface area contributed by atoms with Gasteiger partial charge in [-0.3, -0.25) is 24.5 Å². The highest BCUT2D eigenvalue weighted by atomic mass is 35.5. The summed E-state index contributed by atoms with van der Waals surface area (Å²) in [6.07, 6.45) is 0. The zero-order chi connectivity index (χ0) is 65.6. The van der Waals surface area contributed by atoms with Crippen molar-refractivity contribution >= 4 is 46.4 Å². The Balaban J connectivity index is -0.00000189. The van der Waals surface area contributed by atoms with Gasteiger partial charge >= 0.3 is 0 Å². The molecule has 0 spiro atoms. The topological polar surface area (TPSA) is 424 Å². The molecule has 88 heavy (non-hydrogen) atoms. The number of ether oxygens (including phenoxy) is 8. The van der Waals surface area contributed by atoms with Gasteiger partial charge in [-0.25, -0.2) is 0 Å². The fourth-order valence-corrected chi connectivity index (χ4v) is 9.18. The van der Waals surface area contributed by atoms with Crippen LogP contribution < -0.4 is 84.3 Å². The number of nitrogens with two attached hydrogens (primary N) is 11. The molecule has 0 bridgehead atoms. The SMILES string of the molecule is ClCCOCC(COCCCl)(COCCCl)COCCCl.NCCN(CCN)CCN.NCCN(CCN)CCNCCOCC(COCCNCCN(CCN)CCN)(COCCNCCN(CCN)CCN)COCCNCCN(CCN)CCN. The molecule has 534 valence electrons. The van der Waals surface area contributed by atoms with E-state index in [0.717, 1.165) is 151 Å². The number of alkyl halides is 4. The van der Waals surface area contributed by atoms with Crippen LogP contribution in [0.5, 0.6) is 0 Å². The molecule has 0 radical (unpaired) electrons. The molecule has 0 aliphatic carbocycles. The van der Waals surface area contributed by atoms with Crippen molar-refractivity contribution in [3.63, 3.8) is 0 Å². The summed E-state index contributed by atoms with van der Waals surface area (Å²) in [4.78, 5) is 11.2. The molecule has 0 unspecified atom stereocenters. The summed E-state index contributed by atoms with van der Waals surface area (Å²) < 4.78 is 47.6. The molecule has 0 aromatic rings. The summed E-state index contributed by atoms with van der Waals surface area (Å²) in [7, 11) is 0. The van der Waals surface area contributed by atoms with Gasteiger partial charge in [-0.15, -0.1) is 46.4 Å². The van der Waals surface area contributed by atoms with Crippen molar-refractivity contribution in [2.75, 3.05) is 352 Å². The first-order chi connectivity index (χ1) is 43.1. The number of nitrogens with zero attached hydrogens (tertiary/aromatic N) is 5. The summed E-state index contributed by atoms with van der Waals surface area (Å²) in [5.41, 5.74) is 61.3. The molecular formula is C56H134Cl4N20O8. The minimum Gasteiger partial charge on any atom is -0.379 e. The van der Waals surface area contributed by atoms with Crippen LogP contribution in [0.25, 0.3) is 0 Å². The van der Waals surface area contributed by atoms with Crippen LogP contribution in [0, 0.1) is 10.8 Å². The van der Waals surface area contributed by atoms with E-state index in [0.29, 0.717) is 201 Å². The van der Waals surface area contributed by atoms with Crippen LogP contribution in [-0.2, 0) is 37.9 Å². The van der Waals surface area contributed by atoms with E-state index in [9.17, 15) is 0 Å². The molecule has 0 aromatic carbocycles. The Morgan fingerprint density at radius 1 is 0.216 bits per heavy atom. The minimum absolute atomic E-state index is 0.420. The Morgan fingerprint density at radius 3 is 0.511 bits per heavy atom. The smallest absolute Gasteiger partial charge is 0.0637 e. The highest BCUT2D eigenvalue weighted by molar-refractivity contribution is 6.18. The van der Waals surface area contributed by atoms with Gasteiger partial charge in [0.05, 0.1) is 117 Å². The van der Waals surface area contributed by atoms with Crippen molar-refractivity contribution in [3.05, 3.63) is 0 Å². The van der Waals surface area contributed by atoms with E-state index < -0.39 is 10.8 Å². The van der Waals surface area contributed by atoms with E-state index in [4.69, 9.17) is 147 Å². The maximum absolute atomic E-state index is 6.32. The number of rotatable bonds is 70. The number of halogens is 4. The molecule has 0 aliphatic heterocycles. The molecule has 28 nitrogen and oxygen atoms in total. The first kappa shape index (κ1) is 92.2. The van der Waals surface area contributed by atoms with Crippen LogP contribution in [0.1, 0.15) is 0 Å². The molecule has 0 aliphatic rings. The first-order valence-corrected chi connectivity index (χ1v) is 34.2. The van der Waals surface area contributed by atoms with E-state index in [2.05, 4.69) is 45.8 Å². The maximum Gasteiger partial charge on any atom is 0.0637 e. The van der Waals surface area contributed by atoms with Crippen molar-refractivity contribution in [1.82, 2.24) is 45.8 Å². The van der Waals surface area contributed by atoms with Crippen molar-refractivity contribution in [2.24, 2.45) is 73.9 Å². The highest BCUT2D eigenvalue weighted by Gasteiger charge is 2.34. The normalized spacial score (nSPS) is 12.1. The van der Waals surface area contributed by atoms with Gasteiger partial charge in [0.1, 0.15) is 0 Å². The van der Waals surface area contributed by atoms with Crippen LogP contribution in [0.15, 0.2) is 0 Å². The monoisotopic (exact) mass is 1350 g/mol. The average molecular weight is 1360 g/mol. The fraction of sp³-hybridized carbons (Fsp3) is 1.00. The van der Waals surface area contributed by atoms with E-state index in [-0.39, 0.29) is 0 Å². The summed E-state index contributed by atoms with van der Waals surface area (Å²) >= 11 is 22.6. The van der Waals surface area contributed by atoms with Crippen LogP contribution in [0.2, 0.25) is 0 Å². The standard InChI is InChI=1S/C37H92N16O4.C13H24Cl4O4.C6H18N4/c38-1-17-50(18-2-39)25-9-46-13-29-54-33-37(34-55-30-14-47-10-26-51(19-3-40)20-4-41,35-56-31-15-48-11-27-52(21-5-42)22-6-43)36-57-32-16-49-12-28-53(23-7-44)24-8-45;14-1-5-18-9-13(10-19-6-2-15,11-20-7-3-16)12-21-8-4-17;7-1-4-10(5-2-8)6-3-9/h46-49H,1-36,38-45H2;1-12H2;1-9H2. The Bertz CT molecular complexity index is 1130. The van der Waals surface area contributed by atoms with Crippen LogP contribution in [-0.4, -0.2) is 376 Å². The average Bonchev–Trinajstić information content (AvgIpc) is 3.72. The van der Waals surface area contributed by atoms with Crippen molar-refractivity contribution in [1.29, 1.82) is 0 Å². The zero-order valence-electron chi connectivity index (χ0n) is 54.5. The van der Waals surface area contributed by atoms with E-state index in [1.165, 1.54) is 0 Å². The molecule has 0 heterocycles. The molecule has 0 rings (SSSR count). The van der Waals surface area contributed by atoms with Gasteiger partial charge in [-0.05, 0) is 0 Å². The lowest BCUT2D eigenvalue weighted by atomic mass is 9.92. The number of hydrogen-bond acceptors (Lipinski definition) is 28. The molecule has 32 heteroatoms. The predicted molar refractivity (Wildman–Crippen MR) is 368 cm³/mol. The Hall–Kier alpha value is 0.0400. The molecule has 0 aromatic heterocycles. The number of nitrogens with one attached hydrogen (secondary N) is 4. The van der Waals surface area contributed by atoms with Gasteiger partial charge in [0.25, 0.3) is 0 Å². The van der Waals surface area contributed by atoms with Gasteiger partial charge in [0.15, 0.2) is 0 Å². The molecule has 0 fully saturated rings. The van der Waals surface area contributed by atoms with Gasteiger partial charge < -0.3 is 122 Å².